The van der Waals surface area contributed by atoms with E-state index in [1.807, 2.05) is 6.08 Å². The lowest BCUT2D eigenvalue weighted by atomic mass is 9.88. The number of halogens is 2. The number of piperidine rings is 1. The highest BCUT2D eigenvalue weighted by atomic mass is 35.5. The molecule has 1 saturated heterocycles. The summed E-state index contributed by atoms with van der Waals surface area (Å²) in [7, 11) is 0. The predicted octanol–water partition coefficient (Wildman–Crippen LogP) is 4.97. The zero-order valence-corrected chi connectivity index (χ0v) is 20.6. The molecule has 184 valence electrons. The van der Waals surface area contributed by atoms with Gasteiger partial charge < -0.3 is 9.88 Å². The number of imidazole rings is 1. The molecule has 5 rings (SSSR count). The summed E-state index contributed by atoms with van der Waals surface area (Å²) in [5.74, 6) is 0.371. The number of carbonyl (C=O) groups excluding carboxylic acids is 1. The van der Waals surface area contributed by atoms with Gasteiger partial charge in [0, 0.05) is 25.5 Å². The zero-order valence-electron chi connectivity index (χ0n) is 19.9. The van der Waals surface area contributed by atoms with Gasteiger partial charge in [-0.05, 0) is 80.5 Å². The van der Waals surface area contributed by atoms with E-state index in [-0.39, 0.29) is 12.6 Å². The van der Waals surface area contributed by atoms with Crippen molar-refractivity contribution in [2.75, 3.05) is 26.3 Å². The lowest BCUT2D eigenvalue weighted by Gasteiger charge is -2.32. The van der Waals surface area contributed by atoms with Gasteiger partial charge in [0.15, 0.2) is 0 Å². The Balaban J connectivity index is 1.35. The van der Waals surface area contributed by atoms with E-state index >= 15 is 0 Å². The Morgan fingerprint density at radius 2 is 2.06 bits per heavy atom. The average molecular weight is 497 g/mol. The number of fused-ring (bicyclic) bond motifs is 1. The number of hydrogen-bond acceptors (Lipinski definition) is 4. The molecule has 0 saturated carbocycles. The molecule has 2 aromatic heterocycles. The van der Waals surface area contributed by atoms with Crippen LogP contribution in [0.4, 0.5) is 4.39 Å². The number of likely N-dealkylation sites (tertiary alicyclic amines) is 1. The number of aromatic amines is 1. The predicted molar refractivity (Wildman–Crippen MR) is 136 cm³/mol. The van der Waals surface area contributed by atoms with Gasteiger partial charge in [-0.2, -0.15) is 5.10 Å². The number of nitrogens with zero attached hydrogens (tertiary/aromatic N) is 5. The number of hydrogen-bond donors (Lipinski definition) is 1. The molecule has 9 heteroatoms. The van der Waals surface area contributed by atoms with Crippen LogP contribution in [0.1, 0.15) is 54.5 Å². The first-order valence-corrected chi connectivity index (χ1v) is 12.6. The number of amides is 1. The fraction of sp³-hybridized carbons (Fsp3) is 0.462. The molecule has 0 bridgehead atoms. The number of dihydropyridines is 1. The van der Waals surface area contributed by atoms with E-state index in [1.54, 1.807) is 23.3 Å². The summed E-state index contributed by atoms with van der Waals surface area (Å²) in [5, 5.41) is 4.82. The Morgan fingerprint density at radius 1 is 1.23 bits per heavy atom. The topological polar surface area (TPSA) is 79.2 Å². The molecule has 1 unspecified atom stereocenters. The maximum absolute atomic E-state index is 12.8. The third-order valence-corrected chi connectivity index (χ3v) is 7.29. The second-order valence-corrected chi connectivity index (χ2v) is 9.91. The van der Waals surface area contributed by atoms with E-state index in [0.29, 0.717) is 36.2 Å². The smallest absolute Gasteiger partial charge is 0.260 e. The molecular weight excluding hydrogens is 467 g/mol. The van der Waals surface area contributed by atoms with Crippen molar-refractivity contribution in [3.8, 4) is 0 Å². The van der Waals surface area contributed by atoms with Crippen molar-refractivity contribution < 1.29 is 9.18 Å². The number of aromatic nitrogens is 4. The molecule has 1 fully saturated rings. The number of aliphatic imine (C=N–C) groups is 1. The normalized spacial score (nSPS) is 19.6. The summed E-state index contributed by atoms with van der Waals surface area (Å²) < 4.78 is 14.3. The van der Waals surface area contributed by atoms with E-state index in [4.69, 9.17) is 16.6 Å². The van der Waals surface area contributed by atoms with Gasteiger partial charge in [0.1, 0.15) is 11.7 Å². The highest BCUT2D eigenvalue weighted by molar-refractivity contribution is 6.30. The van der Waals surface area contributed by atoms with Gasteiger partial charge in [0.05, 0.1) is 28.9 Å². The Hall–Kier alpha value is -2.84. The first-order valence-electron chi connectivity index (χ1n) is 12.2. The van der Waals surface area contributed by atoms with Crippen molar-refractivity contribution >= 4 is 34.8 Å². The minimum Gasteiger partial charge on any atom is -0.341 e. The van der Waals surface area contributed by atoms with Crippen LogP contribution in [0.25, 0.3) is 11.0 Å². The first-order chi connectivity index (χ1) is 17.0. The van der Waals surface area contributed by atoms with E-state index in [9.17, 15) is 9.18 Å². The number of alkyl halides is 1. The Labute approximate surface area is 209 Å². The molecule has 1 N–H and O–H groups in total. The Bertz CT molecular complexity index is 1270. The number of nitrogens with one attached hydrogen (secondary N) is 1. The molecule has 1 aromatic carbocycles. The van der Waals surface area contributed by atoms with Crippen molar-refractivity contribution in [2.24, 2.45) is 4.99 Å². The van der Waals surface area contributed by atoms with Gasteiger partial charge in [-0.1, -0.05) is 17.7 Å². The van der Waals surface area contributed by atoms with Gasteiger partial charge in [0.2, 0.25) is 0 Å². The summed E-state index contributed by atoms with van der Waals surface area (Å²) in [5.41, 5.74) is 5.20. The molecule has 35 heavy (non-hydrogen) atoms. The van der Waals surface area contributed by atoms with Crippen LogP contribution in [0.2, 0.25) is 5.02 Å². The highest BCUT2D eigenvalue weighted by Crippen LogP contribution is 2.34. The molecule has 0 aliphatic carbocycles. The second kappa shape index (κ2) is 10.4. The van der Waals surface area contributed by atoms with Gasteiger partial charge in [-0.25, -0.2) is 9.98 Å². The van der Waals surface area contributed by atoms with Crippen LogP contribution in [0.3, 0.4) is 0 Å². The van der Waals surface area contributed by atoms with E-state index in [1.165, 1.54) is 5.56 Å². The van der Waals surface area contributed by atoms with Crippen molar-refractivity contribution in [3.63, 3.8) is 0 Å². The van der Waals surface area contributed by atoms with Crippen LogP contribution in [-0.4, -0.2) is 63.1 Å². The molecule has 2 aliphatic heterocycles. The summed E-state index contributed by atoms with van der Waals surface area (Å²) in [4.78, 5) is 27.5. The second-order valence-electron chi connectivity index (χ2n) is 9.48. The number of carbonyl (C=O) groups is 1. The van der Waals surface area contributed by atoms with E-state index < -0.39 is 5.92 Å². The van der Waals surface area contributed by atoms with E-state index in [0.717, 1.165) is 54.6 Å². The quantitative estimate of drug-likeness (QED) is 0.477. The number of allylic oxidation sites excluding steroid dienone is 1. The SMILES string of the molecule is Cc1cc(C2CCN(CCCF)CC2)cc2[nH]c(C3C(=O)N=CC=C3CCn3cc(Cl)cn3)nc12. The van der Waals surface area contributed by atoms with Crippen molar-refractivity contribution in [3.05, 3.63) is 58.1 Å². The van der Waals surface area contributed by atoms with Gasteiger partial charge in [-0.15, -0.1) is 0 Å². The van der Waals surface area contributed by atoms with Crippen molar-refractivity contribution in [1.29, 1.82) is 0 Å². The van der Waals surface area contributed by atoms with Crippen LogP contribution in [0.15, 0.2) is 41.2 Å². The molecule has 7 nitrogen and oxygen atoms in total. The number of H-pyrrole nitrogens is 1. The number of rotatable bonds is 8. The Morgan fingerprint density at radius 3 is 2.80 bits per heavy atom. The fourth-order valence-corrected chi connectivity index (χ4v) is 5.40. The lowest BCUT2D eigenvalue weighted by Crippen LogP contribution is -2.33. The fourth-order valence-electron chi connectivity index (χ4n) is 5.24. The number of benzene rings is 1. The maximum atomic E-state index is 12.8. The van der Waals surface area contributed by atoms with Crippen molar-refractivity contribution in [2.45, 2.75) is 51.0 Å². The summed E-state index contributed by atoms with van der Waals surface area (Å²) in [6.07, 6.45) is 10.2. The third-order valence-electron chi connectivity index (χ3n) is 7.10. The molecule has 4 heterocycles. The highest BCUT2D eigenvalue weighted by Gasteiger charge is 2.30. The van der Waals surface area contributed by atoms with Gasteiger partial charge in [0.25, 0.3) is 5.91 Å². The van der Waals surface area contributed by atoms with Crippen LogP contribution >= 0.6 is 11.6 Å². The van der Waals surface area contributed by atoms with Crippen LogP contribution in [-0.2, 0) is 11.3 Å². The van der Waals surface area contributed by atoms with Crippen molar-refractivity contribution in [1.82, 2.24) is 24.6 Å². The number of aryl methyl sites for hydroxylation is 2. The maximum Gasteiger partial charge on any atom is 0.260 e. The Kier molecular flexibility index (Phi) is 7.11. The summed E-state index contributed by atoms with van der Waals surface area (Å²) >= 11 is 5.98. The van der Waals surface area contributed by atoms with Crippen LogP contribution < -0.4 is 0 Å². The standard InChI is InChI=1S/C26H30ClFN6O/c1-17-13-20(18-4-10-33(11-5-18)9-2-7-28)14-22-24(17)32-25(31-22)23-19(3-8-29-26(23)35)6-12-34-16-21(27)15-30-34/h3,8,13-16,18,23H,2,4-7,9-12H2,1H3,(H,31,32). The monoisotopic (exact) mass is 496 g/mol. The minimum atomic E-state index is -0.528. The van der Waals surface area contributed by atoms with Crippen LogP contribution in [0, 0.1) is 6.92 Å². The largest absolute Gasteiger partial charge is 0.341 e. The average Bonchev–Trinajstić information content (AvgIpc) is 3.48. The minimum absolute atomic E-state index is 0.210. The lowest BCUT2D eigenvalue weighted by molar-refractivity contribution is -0.118. The summed E-state index contributed by atoms with van der Waals surface area (Å²) in [6.45, 7) is 5.28. The van der Waals surface area contributed by atoms with Crippen LogP contribution in [0.5, 0.6) is 0 Å². The summed E-state index contributed by atoms with van der Waals surface area (Å²) in [6, 6.07) is 4.42. The molecule has 3 aromatic rings. The van der Waals surface area contributed by atoms with Gasteiger partial charge >= 0.3 is 0 Å². The molecule has 1 atom stereocenters. The first kappa shape index (κ1) is 23.9. The zero-order chi connectivity index (χ0) is 24.4. The van der Waals surface area contributed by atoms with E-state index in [2.05, 4.69) is 39.0 Å². The molecule has 1 amide bonds. The molecule has 0 spiro atoms. The van der Waals surface area contributed by atoms with Gasteiger partial charge in [-0.3, -0.25) is 13.9 Å². The molecule has 2 aliphatic rings. The molecule has 0 radical (unpaired) electrons. The molecular formula is C26H30ClFN6O. The third kappa shape index (κ3) is 5.23.